The van der Waals surface area contributed by atoms with Gasteiger partial charge in [-0.25, -0.2) is 9.79 Å². The number of carbonyl (C=O) groups is 1. The Morgan fingerprint density at radius 1 is 1.08 bits per heavy atom. The number of aliphatic imine (C=N–C) groups is 1. The molecule has 0 saturated heterocycles. The fourth-order valence-corrected chi connectivity index (χ4v) is 2.38. The van der Waals surface area contributed by atoms with Gasteiger partial charge in [-0.3, -0.25) is 0 Å². The van der Waals surface area contributed by atoms with E-state index in [0.29, 0.717) is 28.5 Å². The normalized spacial score (nSPS) is 15.4. The molecule has 1 aliphatic heterocycles. The summed E-state index contributed by atoms with van der Waals surface area (Å²) in [6, 6.07) is 3.42. The molecule has 0 bridgehead atoms. The minimum absolute atomic E-state index is 0.0520. The van der Waals surface area contributed by atoms with Gasteiger partial charge in [0, 0.05) is 0 Å². The summed E-state index contributed by atoms with van der Waals surface area (Å²) in [6.07, 6.45) is 1.61. The predicted octanol–water partition coefficient (Wildman–Crippen LogP) is 2.51. The van der Waals surface area contributed by atoms with Crippen molar-refractivity contribution in [2.75, 3.05) is 28.4 Å². The number of hydrogen-bond acceptors (Lipinski definition) is 7. The molecule has 0 atom stereocenters. The molecule has 1 N–H and O–H groups in total. The molecule has 0 unspecified atom stereocenters. The van der Waals surface area contributed by atoms with Crippen molar-refractivity contribution < 1.29 is 28.8 Å². The molecular weight excluding hydrogens is 314 g/mol. The van der Waals surface area contributed by atoms with Gasteiger partial charge >= 0.3 is 5.97 Å². The third-order valence-corrected chi connectivity index (χ3v) is 3.51. The molecular formula is C17H19NO6. The number of esters is 1. The van der Waals surface area contributed by atoms with Crippen LogP contribution < -0.4 is 14.2 Å². The van der Waals surface area contributed by atoms with E-state index in [4.69, 9.17) is 14.2 Å². The molecule has 24 heavy (non-hydrogen) atoms. The first kappa shape index (κ1) is 17.4. The van der Waals surface area contributed by atoms with Crippen molar-refractivity contribution in [1.29, 1.82) is 0 Å². The Kier molecular flexibility index (Phi) is 5.13. The Balaban J connectivity index is 2.53. The molecule has 0 saturated carbocycles. The molecule has 0 amide bonds. The summed E-state index contributed by atoms with van der Waals surface area (Å²) >= 11 is 0. The third-order valence-electron chi connectivity index (χ3n) is 3.51. The van der Waals surface area contributed by atoms with Gasteiger partial charge in [0.1, 0.15) is 11.3 Å². The molecule has 0 aliphatic carbocycles. The maximum absolute atomic E-state index is 11.7. The quantitative estimate of drug-likeness (QED) is 0.833. The van der Waals surface area contributed by atoms with Crippen LogP contribution in [0.25, 0.3) is 6.08 Å². The van der Waals surface area contributed by atoms with Gasteiger partial charge in [0.05, 0.1) is 34.2 Å². The van der Waals surface area contributed by atoms with E-state index in [2.05, 4.69) is 9.73 Å². The number of aliphatic hydroxyl groups excluding tert-OH is 1. The van der Waals surface area contributed by atoms with Gasteiger partial charge in [-0.2, -0.15) is 0 Å². The molecule has 7 nitrogen and oxygen atoms in total. The second kappa shape index (κ2) is 7.08. The molecule has 1 aliphatic rings. The molecule has 1 aromatic carbocycles. The second-order valence-electron chi connectivity index (χ2n) is 4.90. The zero-order valence-corrected chi connectivity index (χ0v) is 14.2. The van der Waals surface area contributed by atoms with Crippen molar-refractivity contribution in [2.24, 2.45) is 4.99 Å². The number of ether oxygens (including phenoxy) is 4. The van der Waals surface area contributed by atoms with E-state index in [1.54, 1.807) is 25.1 Å². The summed E-state index contributed by atoms with van der Waals surface area (Å²) in [4.78, 5) is 15.9. The van der Waals surface area contributed by atoms with Gasteiger partial charge in [-0.15, -0.1) is 0 Å². The van der Waals surface area contributed by atoms with Gasteiger partial charge in [-0.05, 0) is 30.7 Å². The van der Waals surface area contributed by atoms with E-state index >= 15 is 0 Å². The molecule has 128 valence electrons. The summed E-state index contributed by atoms with van der Waals surface area (Å²) < 4.78 is 20.5. The first-order valence-corrected chi connectivity index (χ1v) is 7.06. The zero-order valence-electron chi connectivity index (χ0n) is 14.2. The van der Waals surface area contributed by atoms with Crippen LogP contribution in [0, 0.1) is 0 Å². The highest BCUT2D eigenvalue weighted by Gasteiger charge is 2.27. The third kappa shape index (κ3) is 3.05. The summed E-state index contributed by atoms with van der Waals surface area (Å²) in [5, 5.41) is 10.2. The number of hydrogen-bond donors (Lipinski definition) is 1. The van der Waals surface area contributed by atoms with E-state index < -0.39 is 5.97 Å². The number of aliphatic hydroxyl groups is 1. The highest BCUT2D eigenvalue weighted by atomic mass is 16.5. The van der Waals surface area contributed by atoms with Crippen LogP contribution in [-0.4, -0.2) is 45.2 Å². The summed E-state index contributed by atoms with van der Waals surface area (Å²) in [7, 11) is 5.79. The molecule has 1 aromatic rings. The van der Waals surface area contributed by atoms with E-state index in [0.717, 1.165) is 0 Å². The Labute approximate surface area is 139 Å². The summed E-state index contributed by atoms with van der Waals surface area (Å²) in [5.74, 6) is 0.538. The zero-order chi connectivity index (χ0) is 17.9. The molecule has 7 heteroatoms. The number of benzene rings is 1. The van der Waals surface area contributed by atoms with Crippen molar-refractivity contribution in [2.45, 2.75) is 6.92 Å². The molecule has 0 aromatic heterocycles. The first-order chi connectivity index (χ1) is 11.5. The van der Waals surface area contributed by atoms with Crippen LogP contribution in [0.5, 0.6) is 17.2 Å². The number of carbonyl (C=O) groups excluding carboxylic acids is 1. The lowest BCUT2D eigenvalue weighted by Crippen LogP contribution is -2.11. The topological polar surface area (TPSA) is 86.6 Å². The van der Waals surface area contributed by atoms with Crippen LogP contribution in [0.3, 0.4) is 0 Å². The minimum atomic E-state index is -0.637. The standard InChI is InChI=1S/C17H19NO6/c1-9-14(17(20)24-5)15(19)11(18-9)6-10-7-12(21-2)16(23-4)13(8-10)22-3/h6-8,19H,1-5H3. The Hall–Kier alpha value is -2.96. The number of rotatable bonds is 5. The van der Waals surface area contributed by atoms with Crippen LogP contribution in [0.4, 0.5) is 0 Å². The van der Waals surface area contributed by atoms with Crippen molar-refractivity contribution in [3.8, 4) is 17.2 Å². The minimum Gasteiger partial charge on any atom is -0.505 e. The van der Waals surface area contributed by atoms with Crippen LogP contribution in [-0.2, 0) is 9.53 Å². The second-order valence-corrected chi connectivity index (χ2v) is 4.90. The maximum Gasteiger partial charge on any atom is 0.343 e. The van der Waals surface area contributed by atoms with Crippen molar-refractivity contribution in [3.05, 3.63) is 34.7 Å². The van der Waals surface area contributed by atoms with Crippen LogP contribution in [0.1, 0.15) is 12.5 Å². The van der Waals surface area contributed by atoms with Gasteiger partial charge in [0.15, 0.2) is 17.3 Å². The fourth-order valence-electron chi connectivity index (χ4n) is 2.38. The number of methoxy groups -OCH3 is 4. The average Bonchev–Trinajstić information content (AvgIpc) is 2.86. The van der Waals surface area contributed by atoms with E-state index in [1.807, 2.05) is 0 Å². The Morgan fingerprint density at radius 3 is 2.12 bits per heavy atom. The fraction of sp³-hybridized carbons (Fsp3) is 0.294. The molecule has 2 rings (SSSR count). The lowest BCUT2D eigenvalue weighted by Gasteiger charge is -2.13. The maximum atomic E-state index is 11.7. The Morgan fingerprint density at radius 2 is 1.67 bits per heavy atom. The monoisotopic (exact) mass is 333 g/mol. The molecule has 0 radical (unpaired) electrons. The van der Waals surface area contributed by atoms with Crippen molar-refractivity contribution in [1.82, 2.24) is 0 Å². The first-order valence-electron chi connectivity index (χ1n) is 7.06. The van der Waals surface area contributed by atoms with E-state index in [9.17, 15) is 9.90 Å². The largest absolute Gasteiger partial charge is 0.505 e. The van der Waals surface area contributed by atoms with E-state index in [1.165, 1.54) is 28.4 Å². The van der Waals surface area contributed by atoms with Crippen LogP contribution >= 0.6 is 0 Å². The summed E-state index contributed by atoms with van der Waals surface area (Å²) in [5.41, 5.74) is 1.35. The molecule has 0 fully saturated rings. The van der Waals surface area contributed by atoms with Gasteiger partial charge in [0.25, 0.3) is 0 Å². The number of nitrogens with zero attached hydrogens (tertiary/aromatic N) is 1. The lowest BCUT2D eigenvalue weighted by atomic mass is 10.1. The highest BCUT2D eigenvalue weighted by Crippen LogP contribution is 2.39. The summed E-state index contributed by atoms with van der Waals surface area (Å²) in [6.45, 7) is 1.62. The highest BCUT2D eigenvalue weighted by molar-refractivity contribution is 6.21. The average molecular weight is 333 g/mol. The molecule has 1 heterocycles. The van der Waals surface area contributed by atoms with Gasteiger partial charge < -0.3 is 24.1 Å². The van der Waals surface area contributed by atoms with Gasteiger partial charge in [0.2, 0.25) is 5.75 Å². The van der Waals surface area contributed by atoms with Crippen molar-refractivity contribution >= 4 is 17.8 Å². The smallest absolute Gasteiger partial charge is 0.343 e. The molecule has 0 spiro atoms. The SMILES string of the molecule is COC(=O)C1=C(O)C(=Cc2cc(OC)c(OC)c(OC)c2)N=C1C. The van der Waals surface area contributed by atoms with E-state index in [-0.39, 0.29) is 17.0 Å². The van der Waals surface area contributed by atoms with Crippen LogP contribution in [0.15, 0.2) is 34.2 Å². The predicted molar refractivity (Wildman–Crippen MR) is 88.9 cm³/mol. The Bertz CT molecular complexity index is 735. The lowest BCUT2D eigenvalue weighted by molar-refractivity contribution is -0.135. The van der Waals surface area contributed by atoms with Gasteiger partial charge in [-0.1, -0.05) is 0 Å². The van der Waals surface area contributed by atoms with Crippen LogP contribution in [0.2, 0.25) is 0 Å². The van der Waals surface area contributed by atoms with Crippen molar-refractivity contribution in [3.63, 3.8) is 0 Å².